The fourth-order valence-corrected chi connectivity index (χ4v) is 5.04. The normalized spacial score (nSPS) is 18.2. The largest absolute Gasteiger partial charge is 0.290 e. The first kappa shape index (κ1) is 21.6. The zero-order chi connectivity index (χ0) is 22.9. The minimum absolute atomic E-state index is 0.0640. The van der Waals surface area contributed by atoms with Crippen LogP contribution in [0.2, 0.25) is 0 Å². The summed E-state index contributed by atoms with van der Waals surface area (Å²) in [6, 6.07) is 23.5. The molecule has 2 aliphatic heterocycles. The van der Waals surface area contributed by atoms with Crippen molar-refractivity contribution in [1.29, 1.82) is 0 Å². The summed E-state index contributed by atoms with van der Waals surface area (Å²) < 4.78 is 0. The minimum atomic E-state index is -0.0640. The molecule has 168 valence electrons. The van der Waals surface area contributed by atoms with Gasteiger partial charge in [0, 0.05) is 25.1 Å². The molecular weight excluding hydrogens is 406 g/mol. The smallest absolute Gasteiger partial charge is 0.257 e. The summed E-state index contributed by atoms with van der Waals surface area (Å²) in [4.78, 5) is 15.8. The van der Waals surface area contributed by atoms with Crippen LogP contribution < -0.4 is 0 Å². The molecule has 0 fully saturated rings. The maximum Gasteiger partial charge on any atom is 0.257 e. The number of nitrogens with zero attached hydrogens (tertiary/aromatic N) is 3. The van der Waals surface area contributed by atoms with E-state index in [2.05, 4.69) is 92.4 Å². The fourth-order valence-electron chi connectivity index (χ4n) is 5.04. The number of hydrogen-bond acceptors (Lipinski definition) is 3. The molecule has 4 heteroatoms. The molecule has 0 bridgehead atoms. The summed E-state index contributed by atoms with van der Waals surface area (Å²) >= 11 is 0. The molecule has 0 saturated heterocycles. The maximum atomic E-state index is 13.6. The van der Waals surface area contributed by atoms with Crippen LogP contribution in [0, 0.1) is 20.8 Å². The average Bonchev–Trinajstić information content (AvgIpc) is 3.25. The lowest BCUT2D eigenvalue weighted by atomic mass is 9.95. The first-order valence-corrected chi connectivity index (χ1v) is 11.8. The van der Waals surface area contributed by atoms with Crippen LogP contribution in [0.1, 0.15) is 51.4 Å². The Hall–Kier alpha value is -3.24. The Morgan fingerprint density at radius 2 is 1.67 bits per heavy atom. The van der Waals surface area contributed by atoms with Crippen molar-refractivity contribution in [1.82, 2.24) is 9.91 Å². The van der Waals surface area contributed by atoms with Crippen LogP contribution in [-0.4, -0.2) is 34.6 Å². The first-order chi connectivity index (χ1) is 16.0. The van der Waals surface area contributed by atoms with E-state index in [-0.39, 0.29) is 11.9 Å². The molecule has 1 unspecified atom stereocenters. The molecule has 0 spiro atoms. The summed E-state index contributed by atoms with van der Waals surface area (Å²) in [6.45, 7) is 8.43. The Kier molecular flexibility index (Phi) is 5.86. The number of carbonyl (C=O) groups excluding carboxylic acids is 1. The molecule has 0 N–H and O–H groups in total. The highest BCUT2D eigenvalue weighted by molar-refractivity contribution is 6.04. The molecule has 0 aromatic heterocycles. The molecule has 5 rings (SSSR count). The second-order valence-corrected chi connectivity index (χ2v) is 9.46. The van der Waals surface area contributed by atoms with Gasteiger partial charge in [-0.3, -0.25) is 9.69 Å². The molecule has 3 aromatic rings. The molecular formula is C29H31N3O. The molecule has 1 amide bonds. The van der Waals surface area contributed by atoms with Gasteiger partial charge in [0.1, 0.15) is 0 Å². The van der Waals surface area contributed by atoms with Crippen LogP contribution in [0.4, 0.5) is 0 Å². The topological polar surface area (TPSA) is 35.9 Å². The molecule has 3 aromatic carbocycles. The molecule has 0 saturated carbocycles. The Labute approximate surface area is 196 Å². The second kappa shape index (κ2) is 8.95. The van der Waals surface area contributed by atoms with E-state index in [0.29, 0.717) is 6.54 Å². The van der Waals surface area contributed by atoms with Gasteiger partial charge in [0.25, 0.3) is 5.91 Å². The summed E-state index contributed by atoms with van der Waals surface area (Å²) in [5.74, 6) is 0.0692. The van der Waals surface area contributed by atoms with Gasteiger partial charge in [-0.25, -0.2) is 5.01 Å². The van der Waals surface area contributed by atoms with E-state index in [9.17, 15) is 4.79 Å². The van der Waals surface area contributed by atoms with E-state index in [4.69, 9.17) is 5.10 Å². The number of rotatable bonds is 4. The fraction of sp³-hybridized carbons (Fsp3) is 0.310. The van der Waals surface area contributed by atoms with Crippen molar-refractivity contribution in [3.63, 3.8) is 0 Å². The molecule has 0 aliphatic carbocycles. The predicted octanol–water partition coefficient (Wildman–Crippen LogP) is 5.35. The lowest BCUT2D eigenvalue weighted by molar-refractivity contribution is -0.134. The highest BCUT2D eigenvalue weighted by Crippen LogP contribution is 2.34. The van der Waals surface area contributed by atoms with E-state index >= 15 is 0 Å². The number of carbonyl (C=O) groups is 1. The lowest BCUT2D eigenvalue weighted by Crippen LogP contribution is -2.40. The van der Waals surface area contributed by atoms with E-state index in [1.165, 1.54) is 27.8 Å². The van der Waals surface area contributed by atoms with E-state index in [1.54, 1.807) is 5.01 Å². The summed E-state index contributed by atoms with van der Waals surface area (Å²) in [5.41, 5.74) is 9.66. The van der Waals surface area contributed by atoms with Crippen LogP contribution in [-0.2, 0) is 17.8 Å². The first-order valence-electron chi connectivity index (χ1n) is 11.8. The van der Waals surface area contributed by atoms with Crippen molar-refractivity contribution in [2.75, 3.05) is 13.1 Å². The Bertz CT molecular complexity index is 1210. The quantitative estimate of drug-likeness (QED) is 0.552. The van der Waals surface area contributed by atoms with Crippen molar-refractivity contribution in [3.05, 3.63) is 106 Å². The molecule has 1 atom stereocenters. The molecule has 0 radical (unpaired) electrons. The van der Waals surface area contributed by atoms with Gasteiger partial charge in [-0.1, -0.05) is 77.9 Å². The third kappa shape index (κ3) is 4.49. The SMILES string of the molecule is Cc1ccc(C2CC(c3ccc(C)cc3C)=NN2C(=O)CN2CCc3ccccc3C2)cc1. The van der Waals surface area contributed by atoms with Gasteiger partial charge in [-0.05, 0) is 49.4 Å². The molecule has 2 aliphatic rings. The lowest BCUT2D eigenvalue weighted by Gasteiger charge is -2.30. The number of amides is 1. The minimum Gasteiger partial charge on any atom is -0.290 e. The Morgan fingerprint density at radius 3 is 2.42 bits per heavy atom. The van der Waals surface area contributed by atoms with Gasteiger partial charge in [0.15, 0.2) is 0 Å². The third-order valence-electron chi connectivity index (χ3n) is 6.89. The Morgan fingerprint density at radius 1 is 0.939 bits per heavy atom. The number of hydrogen-bond donors (Lipinski definition) is 0. The van der Waals surface area contributed by atoms with Crippen molar-refractivity contribution in [2.45, 2.75) is 46.2 Å². The van der Waals surface area contributed by atoms with E-state index in [1.807, 2.05) is 0 Å². The molecule has 4 nitrogen and oxygen atoms in total. The van der Waals surface area contributed by atoms with Crippen LogP contribution >= 0.6 is 0 Å². The van der Waals surface area contributed by atoms with Gasteiger partial charge < -0.3 is 0 Å². The monoisotopic (exact) mass is 437 g/mol. The van der Waals surface area contributed by atoms with Crippen molar-refractivity contribution in [3.8, 4) is 0 Å². The second-order valence-electron chi connectivity index (χ2n) is 9.46. The van der Waals surface area contributed by atoms with E-state index in [0.717, 1.165) is 42.8 Å². The number of aryl methyl sites for hydroxylation is 3. The van der Waals surface area contributed by atoms with Gasteiger partial charge in [0.2, 0.25) is 0 Å². The van der Waals surface area contributed by atoms with Crippen LogP contribution in [0.5, 0.6) is 0 Å². The Balaban J connectivity index is 1.41. The van der Waals surface area contributed by atoms with E-state index < -0.39 is 0 Å². The van der Waals surface area contributed by atoms with Crippen LogP contribution in [0.3, 0.4) is 0 Å². The third-order valence-corrected chi connectivity index (χ3v) is 6.89. The summed E-state index contributed by atoms with van der Waals surface area (Å²) in [5, 5.41) is 6.66. The van der Waals surface area contributed by atoms with Gasteiger partial charge in [-0.15, -0.1) is 0 Å². The number of fused-ring (bicyclic) bond motifs is 1. The highest BCUT2D eigenvalue weighted by Gasteiger charge is 2.34. The van der Waals surface area contributed by atoms with Gasteiger partial charge >= 0.3 is 0 Å². The van der Waals surface area contributed by atoms with Gasteiger partial charge in [0.05, 0.1) is 18.3 Å². The van der Waals surface area contributed by atoms with Crippen molar-refractivity contribution in [2.24, 2.45) is 5.10 Å². The maximum absolute atomic E-state index is 13.6. The standard InChI is InChI=1S/C29H31N3O/c1-20-8-11-24(12-9-20)28-17-27(26-13-10-21(2)16-22(26)3)30-32(28)29(33)19-31-15-14-23-6-4-5-7-25(23)18-31/h4-13,16,28H,14-15,17-19H2,1-3H3. The molecule has 2 heterocycles. The van der Waals surface area contributed by atoms with Crippen molar-refractivity contribution >= 4 is 11.6 Å². The summed E-state index contributed by atoms with van der Waals surface area (Å²) in [7, 11) is 0. The van der Waals surface area contributed by atoms with Crippen LogP contribution in [0.25, 0.3) is 0 Å². The predicted molar refractivity (Wildman–Crippen MR) is 133 cm³/mol. The zero-order valence-electron chi connectivity index (χ0n) is 19.7. The molecule has 33 heavy (non-hydrogen) atoms. The van der Waals surface area contributed by atoms with Gasteiger partial charge in [-0.2, -0.15) is 5.10 Å². The number of hydrazone groups is 1. The van der Waals surface area contributed by atoms with Crippen LogP contribution in [0.15, 0.2) is 71.8 Å². The summed E-state index contributed by atoms with van der Waals surface area (Å²) in [6.07, 6.45) is 1.73. The van der Waals surface area contributed by atoms with Crippen molar-refractivity contribution < 1.29 is 4.79 Å². The highest BCUT2D eigenvalue weighted by atomic mass is 16.2. The number of benzene rings is 3. The zero-order valence-corrected chi connectivity index (χ0v) is 19.7. The average molecular weight is 438 g/mol.